The molecule has 0 aromatic rings. The molecular formula is C4H8CsNO3. The summed E-state index contributed by atoms with van der Waals surface area (Å²) < 4.78 is 0. The number of aliphatic carboxylic acids is 1. The molecule has 0 aliphatic carbocycles. The first-order valence-electron chi connectivity index (χ1n) is 1.88. The van der Waals surface area contributed by atoms with Crippen LogP contribution in [0.25, 0.3) is 5.73 Å². The number of carboxylic acid groups (broad SMARTS) is 1. The van der Waals surface area contributed by atoms with Crippen molar-refractivity contribution >= 4 is 11.9 Å². The Kier molecular flexibility index (Phi) is 21.6. The van der Waals surface area contributed by atoms with Gasteiger partial charge in [-0.3, -0.25) is 4.79 Å². The maximum absolute atomic E-state index is 9.11. The maximum atomic E-state index is 9.11. The molecule has 0 aliphatic rings. The first-order chi connectivity index (χ1) is 3.46. The predicted molar refractivity (Wildman–Crippen MR) is 28.3 cm³/mol. The molecule has 0 fully saturated rings. The fraction of sp³-hybridized carbons (Fsp3) is 0.500. The fourth-order valence-electron chi connectivity index (χ4n) is 0. The Morgan fingerprint density at radius 3 is 1.33 bits per heavy atom. The zero-order chi connectivity index (χ0) is 7.15. The zero-order valence-electron chi connectivity index (χ0n) is 5.76. The second-order valence-corrected chi connectivity index (χ2v) is 1.08. The molecule has 0 saturated heterocycles. The van der Waals surface area contributed by atoms with E-state index >= 15 is 0 Å². The average molecular weight is 251 g/mol. The Morgan fingerprint density at radius 1 is 1.33 bits per heavy atom. The molecular weight excluding hydrogens is 243 g/mol. The summed E-state index contributed by atoms with van der Waals surface area (Å²) in [6.45, 7) is 2.28. The molecule has 4 nitrogen and oxygen atoms in total. The van der Waals surface area contributed by atoms with E-state index in [0.717, 1.165) is 6.92 Å². The van der Waals surface area contributed by atoms with Gasteiger partial charge in [0, 0.05) is 12.8 Å². The third-order valence-corrected chi connectivity index (χ3v) is 0. The van der Waals surface area contributed by atoms with Gasteiger partial charge in [0.25, 0.3) is 5.97 Å². The largest absolute Gasteiger partial charge is 1.00 e. The van der Waals surface area contributed by atoms with Crippen molar-refractivity contribution in [1.82, 2.24) is 0 Å². The SMILES string of the molecule is CC(=O)O.CC([NH-])=O.[Cs+]. The molecule has 0 unspecified atom stereocenters. The molecule has 0 aromatic carbocycles. The van der Waals surface area contributed by atoms with E-state index in [1.807, 2.05) is 0 Å². The van der Waals surface area contributed by atoms with Crippen molar-refractivity contribution in [1.29, 1.82) is 0 Å². The number of hydrogen-bond acceptors (Lipinski definition) is 2. The number of carbonyl (C=O) groups is 2. The molecule has 5 heteroatoms. The third kappa shape index (κ3) is 447. The van der Waals surface area contributed by atoms with Crippen LogP contribution in [0, 0.1) is 0 Å². The van der Waals surface area contributed by atoms with E-state index in [4.69, 9.17) is 20.4 Å². The molecule has 1 amide bonds. The Hall–Kier alpha value is 0.992. The number of carboxylic acids is 1. The van der Waals surface area contributed by atoms with Gasteiger partial charge in [-0.05, 0) is 6.92 Å². The van der Waals surface area contributed by atoms with Crippen molar-refractivity contribution in [2.24, 2.45) is 0 Å². The minimum Gasteiger partial charge on any atom is -0.668 e. The summed E-state index contributed by atoms with van der Waals surface area (Å²) in [6.07, 6.45) is 0. The summed E-state index contributed by atoms with van der Waals surface area (Å²) in [7, 11) is 0. The predicted octanol–water partition coefficient (Wildman–Crippen LogP) is -2.32. The molecule has 2 N–H and O–H groups in total. The summed E-state index contributed by atoms with van der Waals surface area (Å²) in [4.78, 5) is 18.1. The topological polar surface area (TPSA) is 78.2 Å². The van der Waals surface area contributed by atoms with Gasteiger partial charge in [-0.15, -0.1) is 0 Å². The molecule has 0 bridgehead atoms. The van der Waals surface area contributed by atoms with Gasteiger partial charge in [0.05, 0.1) is 0 Å². The van der Waals surface area contributed by atoms with E-state index in [0.29, 0.717) is 0 Å². The van der Waals surface area contributed by atoms with Crippen LogP contribution in [0.2, 0.25) is 0 Å². The van der Waals surface area contributed by atoms with Crippen molar-refractivity contribution in [2.45, 2.75) is 13.8 Å². The molecule has 9 heavy (non-hydrogen) atoms. The van der Waals surface area contributed by atoms with Gasteiger partial charge in [0.15, 0.2) is 0 Å². The molecule has 0 heterocycles. The molecule has 0 aliphatic heterocycles. The van der Waals surface area contributed by atoms with Crippen molar-refractivity contribution < 1.29 is 83.6 Å². The molecule has 0 radical (unpaired) electrons. The Labute approximate surface area is 113 Å². The van der Waals surface area contributed by atoms with Crippen LogP contribution in [0.5, 0.6) is 0 Å². The molecule has 0 rings (SSSR count). The normalized spacial score (nSPS) is 5.56. The smallest absolute Gasteiger partial charge is 0.668 e. The monoisotopic (exact) mass is 251 g/mol. The van der Waals surface area contributed by atoms with E-state index in [1.165, 1.54) is 6.92 Å². The van der Waals surface area contributed by atoms with Crippen LogP contribution in [-0.4, -0.2) is 17.0 Å². The molecule has 48 valence electrons. The van der Waals surface area contributed by atoms with Gasteiger partial charge < -0.3 is 15.6 Å². The number of rotatable bonds is 0. The van der Waals surface area contributed by atoms with Crippen molar-refractivity contribution in [3.05, 3.63) is 5.73 Å². The summed E-state index contributed by atoms with van der Waals surface area (Å²) in [5, 5.41) is 7.42. The van der Waals surface area contributed by atoms with Crippen LogP contribution in [-0.2, 0) is 9.59 Å². The summed E-state index contributed by atoms with van der Waals surface area (Å²) in [5.41, 5.74) is 5.94. The van der Waals surface area contributed by atoms with Crippen molar-refractivity contribution in [3.8, 4) is 0 Å². The minimum absolute atomic E-state index is 0. The van der Waals surface area contributed by atoms with Gasteiger partial charge in [-0.1, -0.05) is 0 Å². The van der Waals surface area contributed by atoms with E-state index in [1.54, 1.807) is 0 Å². The quantitative estimate of drug-likeness (QED) is 0.525. The summed E-state index contributed by atoms with van der Waals surface area (Å²) in [5.74, 6) is -1.42. The maximum Gasteiger partial charge on any atom is 1.00 e. The fourth-order valence-corrected chi connectivity index (χ4v) is 0. The van der Waals surface area contributed by atoms with Gasteiger partial charge in [0.2, 0.25) is 0 Å². The number of hydrogen-bond donors (Lipinski definition) is 1. The molecule has 0 aromatic heterocycles. The van der Waals surface area contributed by atoms with Gasteiger partial charge in [-0.2, -0.15) is 0 Å². The second kappa shape index (κ2) is 11.7. The van der Waals surface area contributed by atoms with Crippen molar-refractivity contribution in [2.75, 3.05) is 0 Å². The van der Waals surface area contributed by atoms with Crippen molar-refractivity contribution in [3.63, 3.8) is 0 Å². The first-order valence-corrected chi connectivity index (χ1v) is 1.88. The summed E-state index contributed by atoms with van der Waals surface area (Å²) in [6, 6.07) is 0. The van der Waals surface area contributed by atoms with Gasteiger partial charge in [-0.25, -0.2) is 0 Å². The van der Waals surface area contributed by atoms with E-state index in [2.05, 4.69) is 0 Å². The molecule has 0 saturated carbocycles. The Morgan fingerprint density at radius 2 is 1.33 bits per heavy atom. The Bertz CT molecular complexity index is 73.8. The molecule has 0 atom stereocenters. The van der Waals surface area contributed by atoms with Crippen LogP contribution < -0.4 is 68.9 Å². The molecule has 0 spiro atoms. The number of carbonyl (C=O) groups excluding carboxylic acids is 1. The zero-order valence-corrected chi connectivity index (χ0v) is 12.0. The van der Waals surface area contributed by atoms with Gasteiger partial charge in [0.1, 0.15) is 0 Å². The van der Waals surface area contributed by atoms with Crippen LogP contribution in [0.15, 0.2) is 0 Å². The van der Waals surface area contributed by atoms with E-state index in [9.17, 15) is 0 Å². The Balaban J connectivity index is -0.0000000720. The van der Waals surface area contributed by atoms with E-state index in [-0.39, 0.29) is 68.9 Å². The average Bonchev–Trinajstić information content (AvgIpc) is 1.25. The van der Waals surface area contributed by atoms with Crippen LogP contribution in [0.1, 0.15) is 13.8 Å². The number of amides is 1. The van der Waals surface area contributed by atoms with E-state index < -0.39 is 11.9 Å². The number of nitrogens with one attached hydrogen (secondary N) is 1. The summed E-state index contributed by atoms with van der Waals surface area (Å²) >= 11 is 0. The first kappa shape index (κ1) is 16.5. The van der Waals surface area contributed by atoms with Crippen LogP contribution >= 0.6 is 0 Å². The van der Waals surface area contributed by atoms with Crippen LogP contribution in [0.4, 0.5) is 0 Å². The minimum atomic E-state index is -0.833. The standard InChI is InChI=1S/C2H5NO.C2H4O2.Cs/c2*1-2(3)4;/h1H3,(H2,3,4);1H3,(H,3,4);/q;;+1/p-1. The second-order valence-electron chi connectivity index (χ2n) is 1.08. The third-order valence-electron chi connectivity index (χ3n) is 0. The van der Waals surface area contributed by atoms with Crippen LogP contribution in [0.3, 0.4) is 0 Å². The van der Waals surface area contributed by atoms with Gasteiger partial charge >= 0.3 is 68.9 Å².